The van der Waals surface area contributed by atoms with Gasteiger partial charge in [-0.15, -0.1) is 0 Å². The number of rotatable bonds is 7. The van der Waals surface area contributed by atoms with Gasteiger partial charge in [0, 0.05) is 36.1 Å². The highest BCUT2D eigenvalue weighted by atomic mass is 35.5. The van der Waals surface area contributed by atoms with Crippen LogP contribution < -0.4 is 5.32 Å². The van der Waals surface area contributed by atoms with Crippen LogP contribution in [-0.2, 0) is 12.7 Å². The lowest BCUT2D eigenvalue weighted by Crippen LogP contribution is -2.42. The number of hydrogen-bond donors (Lipinski definition) is 1. The molecule has 0 unspecified atom stereocenters. The first kappa shape index (κ1) is 28.5. The van der Waals surface area contributed by atoms with Gasteiger partial charge in [-0.05, 0) is 97.9 Å². The standard InChI is InChI=1S/C33H32ClF3N4O/c34-26-12-7-23(8-13-26)24-9-14-30-28(18-24)29(32(42)41-17-3-4-27(41)21-40-15-1-2-16-40)19-31(39-30)38-20-22-5-10-25(11-6-22)33(35,36)37/h5-14,18-19,27H,1-4,15-17,20-21H2,(H,38,39)/t27-/m0/s1. The van der Waals surface area contributed by atoms with Gasteiger partial charge >= 0.3 is 6.18 Å². The van der Waals surface area contributed by atoms with Crippen LogP contribution in [0, 0.1) is 0 Å². The zero-order valence-electron chi connectivity index (χ0n) is 23.1. The number of aromatic nitrogens is 1. The number of halogens is 4. The zero-order chi connectivity index (χ0) is 29.3. The Morgan fingerprint density at radius 2 is 1.62 bits per heavy atom. The monoisotopic (exact) mass is 592 g/mol. The quantitative estimate of drug-likeness (QED) is 0.237. The summed E-state index contributed by atoms with van der Waals surface area (Å²) < 4.78 is 39.0. The number of anilines is 1. The summed E-state index contributed by atoms with van der Waals surface area (Å²) in [5.74, 6) is 0.482. The van der Waals surface area contributed by atoms with Gasteiger partial charge in [0.25, 0.3) is 5.91 Å². The van der Waals surface area contributed by atoms with Crippen molar-refractivity contribution in [3.63, 3.8) is 0 Å². The minimum atomic E-state index is -4.38. The molecule has 9 heteroatoms. The van der Waals surface area contributed by atoms with Crippen molar-refractivity contribution >= 4 is 34.2 Å². The number of likely N-dealkylation sites (tertiary alicyclic amines) is 2. The molecule has 42 heavy (non-hydrogen) atoms. The third kappa shape index (κ3) is 6.25. The molecule has 5 nitrogen and oxygen atoms in total. The summed E-state index contributed by atoms with van der Waals surface area (Å²) in [4.78, 5) is 23.5. The van der Waals surface area contributed by atoms with Gasteiger partial charge in [-0.25, -0.2) is 4.98 Å². The van der Waals surface area contributed by atoms with Crippen molar-refractivity contribution in [3.05, 3.63) is 94.5 Å². The highest BCUT2D eigenvalue weighted by Crippen LogP contribution is 2.32. The van der Waals surface area contributed by atoms with Crippen LogP contribution in [-0.4, -0.2) is 52.9 Å². The van der Waals surface area contributed by atoms with Gasteiger partial charge in [-0.1, -0.05) is 41.9 Å². The highest BCUT2D eigenvalue weighted by Gasteiger charge is 2.33. The maximum atomic E-state index is 14.2. The van der Waals surface area contributed by atoms with E-state index in [2.05, 4.69) is 10.2 Å². The number of alkyl halides is 3. The molecule has 0 aliphatic carbocycles. The molecule has 1 N–H and O–H groups in total. The van der Waals surface area contributed by atoms with E-state index in [4.69, 9.17) is 16.6 Å². The average molecular weight is 593 g/mol. The van der Waals surface area contributed by atoms with E-state index in [1.807, 2.05) is 47.4 Å². The smallest absolute Gasteiger partial charge is 0.366 e. The predicted octanol–water partition coefficient (Wildman–Crippen LogP) is 7.89. The molecule has 0 spiro atoms. The van der Waals surface area contributed by atoms with Crippen LogP contribution in [0.3, 0.4) is 0 Å². The van der Waals surface area contributed by atoms with E-state index in [1.54, 1.807) is 6.07 Å². The van der Waals surface area contributed by atoms with Gasteiger partial charge in [-0.2, -0.15) is 13.2 Å². The minimum absolute atomic E-state index is 0.0186. The Bertz CT molecular complexity index is 1570. The van der Waals surface area contributed by atoms with Crippen molar-refractivity contribution < 1.29 is 18.0 Å². The number of nitrogens with zero attached hydrogens (tertiary/aromatic N) is 3. The molecule has 1 amide bonds. The third-order valence-electron chi connectivity index (χ3n) is 8.28. The van der Waals surface area contributed by atoms with Crippen molar-refractivity contribution in [1.29, 1.82) is 0 Å². The number of pyridine rings is 1. The van der Waals surface area contributed by atoms with E-state index in [9.17, 15) is 18.0 Å². The summed E-state index contributed by atoms with van der Waals surface area (Å²) in [5.41, 5.74) is 3.17. The van der Waals surface area contributed by atoms with E-state index in [0.29, 0.717) is 34.0 Å². The number of carbonyl (C=O) groups is 1. The molecule has 3 aromatic carbocycles. The highest BCUT2D eigenvalue weighted by molar-refractivity contribution is 6.30. The van der Waals surface area contributed by atoms with Crippen LogP contribution >= 0.6 is 11.6 Å². The van der Waals surface area contributed by atoms with Gasteiger partial charge in [-0.3, -0.25) is 4.79 Å². The lowest BCUT2D eigenvalue weighted by Gasteiger charge is -2.29. The molecule has 3 heterocycles. The maximum absolute atomic E-state index is 14.2. The van der Waals surface area contributed by atoms with E-state index in [1.165, 1.54) is 25.0 Å². The molecule has 6 rings (SSSR count). The largest absolute Gasteiger partial charge is 0.416 e. The second kappa shape index (κ2) is 11.9. The Labute approximate surface area is 248 Å². The normalized spacial score (nSPS) is 17.7. The first-order valence-corrected chi connectivity index (χ1v) is 14.8. The Morgan fingerprint density at radius 1 is 0.905 bits per heavy atom. The second-order valence-electron chi connectivity index (χ2n) is 11.1. The van der Waals surface area contributed by atoms with Crippen molar-refractivity contribution in [2.45, 2.75) is 44.4 Å². The number of nitrogens with one attached hydrogen (secondary N) is 1. The summed E-state index contributed by atoms with van der Waals surface area (Å²) in [6, 6.07) is 20.5. The topological polar surface area (TPSA) is 48.5 Å². The van der Waals surface area contributed by atoms with Crippen molar-refractivity contribution in [2.75, 3.05) is 31.5 Å². The summed E-state index contributed by atoms with van der Waals surface area (Å²) in [5, 5.41) is 4.65. The number of amides is 1. The number of hydrogen-bond acceptors (Lipinski definition) is 4. The van der Waals surface area contributed by atoms with Crippen LogP contribution in [0.15, 0.2) is 72.8 Å². The molecule has 2 saturated heterocycles. The lowest BCUT2D eigenvalue weighted by molar-refractivity contribution is -0.137. The molecular weight excluding hydrogens is 561 g/mol. The van der Waals surface area contributed by atoms with Crippen molar-refractivity contribution in [2.24, 2.45) is 0 Å². The summed E-state index contributed by atoms with van der Waals surface area (Å²) in [6.45, 7) is 4.04. The third-order valence-corrected chi connectivity index (χ3v) is 8.53. The Morgan fingerprint density at radius 3 is 2.33 bits per heavy atom. The fraction of sp³-hybridized carbons (Fsp3) is 0.333. The second-order valence-corrected chi connectivity index (χ2v) is 11.6. The molecule has 1 aromatic heterocycles. The maximum Gasteiger partial charge on any atom is 0.416 e. The van der Waals surface area contributed by atoms with Crippen LogP contribution in [0.4, 0.5) is 19.0 Å². The molecule has 0 bridgehead atoms. The molecule has 2 aliphatic rings. The fourth-order valence-electron chi connectivity index (χ4n) is 6.03. The van der Waals surface area contributed by atoms with Crippen LogP contribution in [0.1, 0.15) is 47.2 Å². The molecule has 0 saturated carbocycles. The van der Waals surface area contributed by atoms with E-state index in [-0.39, 0.29) is 18.5 Å². The fourth-order valence-corrected chi connectivity index (χ4v) is 6.16. The van der Waals surface area contributed by atoms with E-state index >= 15 is 0 Å². The van der Waals surface area contributed by atoms with E-state index < -0.39 is 11.7 Å². The van der Waals surface area contributed by atoms with Gasteiger partial charge in [0.15, 0.2) is 0 Å². The molecular formula is C33H32ClF3N4O. The Balaban J connectivity index is 1.33. The molecule has 0 radical (unpaired) electrons. The van der Waals surface area contributed by atoms with Gasteiger partial charge in [0.05, 0.1) is 16.6 Å². The lowest BCUT2D eigenvalue weighted by atomic mass is 10.00. The molecule has 2 fully saturated rings. The van der Waals surface area contributed by atoms with Crippen LogP contribution in [0.5, 0.6) is 0 Å². The van der Waals surface area contributed by atoms with Crippen LogP contribution in [0.25, 0.3) is 22.0 Å². The summed E-state index contributed by atoms with van der Waals surface area (Å²) in [7, 11) is 0. The molecule has 4 aromatic rings. The summed E-state index contributed by atoms with van der Waals surface area (Å²) >= 11 is 6.11. The number of fused-ring (bicyclic) bond motifs is 1. The Kier molecular flexibility index (Phi) is 8.10. The molecule has 218 valence electrons. The SMILES string of the molecule is O=C(c1cc(NCc2ccc(C(F)(F)F)cc2)nc2ccc(-c3ccc(Cl)cc3)cc12)N1CCC[C@H]1CN1CCCC1. The summed E-state index contributed by atoms with van der Waals surface area (Å²) in [6.07, 6.45) is -0.00892. The minimum Gasteiger partial charge on any atom is -0.366 e. The molecule has 1 atom stereocenters. The van der Waals surface area contributed by atoms with Crippen molar-refractivity contribution in [1.82, 2.24) is 14.8 Å². The molecule has 2 aliphatic heterocycles. The van der Waals surface area contributed by atoms with E-state index in [0.717, 1.165) is 61.1 Å². The first-order chi connectivity index (χ1) is 20.2. The number of carbonyl (C=O) groups excluding carboxylic acids is 1. The Hall–Kier alpha value is -3.62. The predicted molar refractivity (Wildman–Crippen MR) is 161 cm³/mol. The average Bonchev–Trinajstić information content (AvgIpc) is 3.68. The van der Waals surface area contributed by atoms with Crippen LogP contribution in [0.2, 0.25) is 5.02 Å². The van der Waals surface area contributed by atoms with Gasteiger partial charge in [0.1, 0.15) is 5.82 Å². The number of benzene rings is 3. The zero-order valence-corrected chi connectivity index (χ0v) is 23.9. The van der Waals surface area contributed by atoms with Crippen molar-refractivity contribution in [3.8, 4) is 11.1 Å². The van der Waals surface area contributed by atoms with Gasteiger partial charge in [0.2, 0.25) is 0 Å². The first-order valence-electron chi connectivity index (χ1n) is 14.4. The van der Waals surface area contributed by atoms with Gasteiger partial charge < -0.3 is 15.1 Å².